The maximum absolute atomic E-state index is 10.6. The van der Waals surface area contributed by atoms with Crippen molar-refractivity contribution in [3.63, 3.8) is 0 Å². The molecule has 0 bridgehead atoms. The molecule has 5 nitrogen and oxygen atoms in total. The lowest BCUT2D eigenvalue weighted by molar-refractivity contribution is 0.245. The number of anilines is 1. The van der Waals surface area contributed by atoms with E-state index in [1.54, 1.807) is 13.2 Å². The first-order chi connectivity index (χ1) is 5.33. The van der Waals surface area contributed by atoms with E-state index in [4.69, 9.17) is 0 Å². The van der Waals surface area contributed by atoms with Gasteiger partial charge >= 0.3 is 6.03 Å². The average molecular weight is 172 g/mol. The minimum atomic E-state index is -0.291. The maximum atomic E-state index is 10.6. The van der Waals surface area contributed by atoms with Gasteiger partial charge < -0.3 is 5.32 Å². The monoisotopic (exact) mass is 172 g/mol. The number of hydrazine groups is 1. The molecule has 0 radical (unpaired) electrons. The van der Waals surface area contributed by atoms with Gasteiger partial charge in [-0.3, -0.25) is 5.43 Å². The van der Waals surface area contributed by atoms with Crippen molar-refractivity contribution in [1.29, 1.82) is 0 Å². The molecule has 11 heavy (non-hydrogen) atoms. The summed E-state index contributed by atoms with van der Waals surface area (Å²) in [7, 11) is 1.54. The lowest BCUT2D eigenvalue weighted by Gasteiger charge is -2.02. The van der Waals surface area contributed by atoms with Gasteiger partial charge in [-0.05, 0) is 0 Å². The Labute approximate surface area is 67.8 Å². The van der Waals surface area contributed by atoms with Crippen molar-refractivity contribution in [2.24, 2.45) is 0 Å². The number of amides is 2. The third kappa shape index (κ3) is 2.42. The Kier molecular flexibility index (Phi) is 2.67. The first kappa shape index (κ1) is 7.80. The topological polar surface area (TPSA) is 66.1 Å². The number of hydrogen-bond acceptors (Lipinski definition) is 4. The van der Waals surface area contributed by atoms with Gasteiger partial charge in [0.1, 0.15) is 0 Å². The second-order valence-corrected chi connectivity index (χ2v) is 2.56. The van der Waals surface area contributed by atoms with Crippen LogP contribution in [0.1, 0.15) is 0 Å². The summed E-state index contributed by atoms with van der Waals surface area (Å²) < 4.78 is 0. The molecule has 1 rings (SSSR count). The molecule has 1 heterocycles. The fourth-order valence-corrected chi connectivity index (χ4v) is 0.940. The molecule has 0 aliphatic heterocycles. The minimum Gasteiger partial charge on any atom is -0.340 e. The third-order valence-corrected chi connectivity index (χ3v) is 1.63. The Bertz CT molecular complexity index is 222. The lowest BCUT2D eigenvalue weighted by Crippen LogP contribution is -2.36. The number of nitrogens with zero attached hydrogens (tertiary/aromatic N) is 1. The van der Waals surface area contributed by atoms with Gasteiger partial charge in [-0.1, -0.05) is 0 Å². The molecule has 0 aliphatic carbocycles. The van der Waals surface area contributed by atoms with Gasteiger partial charge in [0.15, 0.2) is 0 Å². The molecule has 6 heteroatoms. The minimum absolute atomic E-state index is 0.291. The predicted molar refractivity (Wildman–Crippen MR) is 43.3 cm³/mol. The lowest BCUT2D eigenvalue weighted by atomic mass is 11.0. The first-order valence-electron chi connectivity index (χ1n) is 2.96. The SMILES string of the molecule is CNC(=O)NNc1nccs1. The largest absolute Gasteiger partial charge is 0.340 e. The van der Waals surface area contributed by atoms with Crippen molar-refractivity contribution in [2.45, 2.75) is 0 Å². The van der Waals surface area contributed by atoms with Crippen LogP contribution in [-0.2, 0) is 0 Å². The summed E-state index contributed by atoms with van der Waals surface area (Å²) >= 11 is 1.41. The first-order valence-corrected chi connectivity index (χ1v) is 3.84. The zero-order valence-corrected chi connectivity index (χ0v) is 6.73. The van der Waals surface area contributed by atoms with Crippen LogP contribution in [0.5, 0.6) is 0 Å². The molecule has 0 saturated carbocycles. The Hall–Kier alpha value is -1.30. The van der Waals surface area contributed by atoms with Crippen molar-refractivity contribution in [3.05, 3.63) is 11.6 Å². The highest BCUT2D eigenvalue weighted by Crippen LogP contribution is 2.07. The van der Waals surface area contributed by atoms with E-state index in [0.29, 0.717) is 5.13 Å². The molecule has 0 saturated heterocycles. The number of carbonyl (C=O) groups is 1. The van der Waals surface area contributed by atoms with E-state index < -0.39 is 0 Å². The third-order valence-electron chi connectivity index (χ3n) is 0.942. The molecule has 60 valence electrons. The molecular weight excluding hydrogens is 164 g/mol. The number of carbonyl (C=O) groups excluding carboxylic acids is 1. The molecule has 0 spiro atoms. The Morgan fingerprint density at radius 3 is 3.09 bits per heavy atom. The summed E-state index contributed by atoms with van der Waals surface area (Å²) in [5.41, 5.74) is 5.00. The highest BCUT2D eigenvalue weighted by molar-refractivity contribution is 7.13. The van der Waals surface area contributed by atoms with E-state index >= 15 is 0 Å². The quantitative estimate of drug-likeness (QED) is 0.566. The summed E-state index contributed by atoms with van der Waals surface area (Å²) in [5, 5.41) is 4.87. The zero-order valence-electron chi connectivity index (χ0n) is 5.92. The highest BCUT2D eigenvalue weighted by atomic mass is 32.1. The Morgan fingerprint density at radius 2 is 2.55 bits per heavy atom. The van der Waals surface area contributed by atoms with Crippen molar-refractivity contribution in [1.82, 2.24) is 15.7 Å². The molecular formula is C5H8N4OS. The standard InChI is InChI=1S/C5H8N4OS/c1-6-4(10)8-9-5-7-2-3-11-5/h2-3H,1H3,(H,7,9)(H2,6,8,10). The van der Waals surface area contributed by atoms with Crippen molar-refractivity contribution < 1.29 is 4.79 Å². The van der Waals surface area contributed by atoms with Crippen LogP contribution in [0.2, 0.25) is 0 Å². The van der Waals surface area contributed by atoms with Gasteiger partial charge in [-0.15, -0.1) is 11.3 Å². The van der Waals surface area contributed by atoms with Gasteiger partial charge in [0.25, 0.3) is 0 Å². The predicted octanol–water partition coefficient (Wildman–Crippen LogP) is 0.399. The van der Waals surface area contributed by atoms with E-state index in [-0.39, 0.29) is 6.03 Å². The van der Waals surface area contributed by atoms with Crippen LogP contribution in [-0.4, -0.2) is 18.1 Å². The van der Waals surface area contributed by atoms with Crippen molar-refractivity contribution in [2.75, 3.05) is 12.5 Å². The Morgan fingerprint density at radius 1 is 1.73 bits per heavy atom. The summed E-state index contributed by atoms with van der Waals surface area (Å²) in [6.45, 7) is 0. The van der Waals surface area contributed by atoms with E-state index in [2.05, 4.69) is 21.2 Å². The van der Waals surface area contributed by atoms with Crippen LogP contribution in [0.3, 0.4) is 0 Å². The summed E-state index contributed by atoms with van der Waals surface area (Å²) in [4.78, 5) is 14.5. The van der Waals surface area contributed by atoms with Crippen molar-refractivity contribution in [3.8, 4) is 0 Å². The summed E-state index contributed by atoms with van der Waals surface area (Å²) in [6, 6.07) is -0.291. The normalized spacial score (nSPS) is 8.82. The van der Waals surface area contributed by atoms with Gasteiger partial charge in [-0.2, -0.15) is 0 Å². The molecule has 2 amide bonds. The number of thiazole rings is 1. The van der Waals surface area contributed by atoms with Crippen LogP contribution in [0, 0.1) is 0 Å². The smallest absolute Gasteiger partial charge is 0.333 e. The van der Waals surface area contributed by atoms with E-state index in [1.807, 2.05) is 5.38 Å². The average Bonchev–Trinajstić information content (AvgIpc) is 2.52. The molecule has 0 aliphatic rings. The van der Waals surface area contributed by atoms with Crippen LogP contribution in [0.15, 0.2) is 11.6 Å². The highest BCUT2D eigenvalue weighted by Gasteiger charge is 1.95. The number of hydrogen-bond donors (Lipinski definition) is 3. The molecule has 0 unspecified atom stereocenters. The van der Waals surface area contributed by atoms with Crippen LogP contribution in [0.25, 0.3) is 0 Å². The number of urea groups is 1. The number of aromatic nitrogens is 1. The summed E-state index contributed by atoms with van der Waals surface area (Å²) in [5.74, 6) is 0. The molecule has 3 N–H and O–H groups in total. The van der Waals surface area contributed by atoms with Gasteiger partial charge in [0.05, 0.1) is 0 Å². The fraction of sp³-hybridized carbons (Fsp3) is 0.200. The number of nitrogens with one attached hydrogen (secondary N) is 3. The second kappa shape index (κ2) is 3.77. The van der Waals surface area contributed by atoms with Gasteiger partial charge in [0.2, 0.25) is 5.13 Å². The second-order valence-electron chi connectivity index (χ2n) is 1.67. The number of rotatable bonds is 2. The molecule has 0 fully saturated rings. The van der Waals surface area contributed by atoms with E-state index in [0.717, 1.165) is 0 Å². The van der Waals surface area contributed by atoms with E-state index in [9.17, 15) is 4.79 Å². The molecule has 1 aromatic rings. The Balaban J connectivity index is 2.29. The van der Waals surface area contributed by atoms with Crippen LogP contribution >= 0.6 is 11.3 Å². The van der Waals surface area contributed by atoms with Gasteiger partial charge in [-0.25, -0.2) is 15.2 Å². The van der Waals surface area contributed by atoms with Crippen molar-refractivity contribution >= 4 is 22.5 Å². The van der Waals surface area contributed by atoms with Crippen LogP contribution in [0.4, 0.5) is 9.93 Å². The van der Waals surface area contributed by atoms with Gasteiger partial charge in [0, 0.05) is 18.6 Å². The van der Waals surface area contributed by atoms with Crippen LogP contribution < -0.4 is 16.2 Å². The molecule has 1 aromatic heterocycles. The van der Waals surface area contributed by atoms with E-state index in [1.165, 1.54) is 11.3 Å². The fourth-order valence-electron chi connectivity index (χ4n) is 0.458. The maximum Gasteiger partial charge on any atom is 0.333 e. The zero-order chi connectivity index (χ0) is 8.10. The molecule has 0 atom stereocenters. The molecule has 0 aromatic carbocycles. The summed E-state index contributed by atoms with van der Waals surface area (Å²) in [6.07, 6.45) is 1.65.